The van der Waals surface area contributed by atoms with E-state index in [0.29, 0.717) is 12.2 Å². The van der Waals surface area contributed by atoms with Crippen LogP contribution in [0.4, 0.5) is 10.1 Å². The van der Waals surface area contributed by atoms with E-state index in [1.165, 1.54) is 12.1 Å². The van der Waals surface area contributed by atoms with Gasteiger partial charge in [0.05, 0.1) is 15.7 Å². The van der Waals surface area contributed by atoms with Crippen molar-refractivity contribution in [3.63, 3.8) is 0 Å². The molecule has 0 amide bonds. The molecule has 1 rings (SSSR count). The standard InChI is InChI=1S/C9H11Cl2FN2/c1-5(4-13)14-9-7(10)2-6(12)3-8(9)11/h2-3,5,14H,4,13H2,1H3. The van der Waals surface area contributed by atoms with Gasteiger partial charge >= 0.3 is 0 Å². The Labute approximate surface area is 92.2 Å². The topological polar surface area (TPSA) is 38.0 Å². The van der Waals surface area contributed by atoms with Gasteiger partial charge in [0.1, 0.15) is 5.82 Å². The van der Waals surface area contributed by atoms with E-state index in [9.17, 15) is 4.39 Å². The summed E-state index contributed by atoms with van der Waals surface area (Å²) < 4.78 is 12.8. The first-order valence-electron chi connectivity index (χ1n) is 4.15. The molecule has 0 saturated heterocycles. The van der Waals surface area contributed by atoms with Gasteiger partial charge in [0, 0.05) is 12.6 Å². The van der Waals surface area contributed by atoms with Gasteiger partial charge in [-0.3, -0.25) is 0 Å². The average Bonchev–Trinajstić information content (AvgIpc) is 2.10. The molecule has 78 valence electrons. The summed E-state index contributed by atoms with van der Waals surface area (Å²) in [6.07, 6.45) is 0. The minimum absolute atomic E-state index is 0.0375. The number of benzene rings is 1. The molecule has 1 aromatic rings. The fraction of sp³-hybridized carbons (Fsp3) is 0.333. The van der Waals surface area contributed by atoms with E-state index >= 15 is 0 Å². The zero-order chi connectivity index (χ0) is 10.7. The second kappa shape index (κ2) is 4.82. The Morgan fingerprint density at radius 1 is 1.43 bits per heavy atom. The van der Waals surface area contributed by atoms with Crippen LogP contribution in [0.5, 0.6) is 0 Å². The van der Waals surface area contributed by atoms with Crippen LogP contribution in [0, 0.1) is 5.82 Å². The molecule has 0 saturated carbocycles. The third-order valence-corrected chi connectivity index (χ3v) is 2.35. The van der Waals surface area contributed by atoms with E-state index in [-0.39, 0.29) is 16.1 Å². The highest BCUT2D eigenvalue weighted by Gasteiger charge is 2.09. The van der Waals surface area contributed by atoms with Gasteiger partial charge in [-0.2, -0.15) is 0 Å². The summed E-state index contributed by atoms with van der Waals surface area (Å²) in [5.74, 6) is -0.453. The van der Waals surface area contributed by atoms with Crippen LogP contribution in [0.1, 0.15) is 6.92 Å². The summed E-state index contributed by atoms with van der Waals surface area (Å²) in [7, 11) is 0. The predicted octanol–water partition coefficient (Wildman–Crippen LogP) is 2.89. The number of anilines is 1. The maximum Gasteiger partial charge on any atom is 0.126 e. The molecule has 3 N–H and O–H groups in total. The van der Waals surface area contributed by atoms with Gasteiger partial charge in [-0.15, -0.1) is 0 Å². The molecule has 5 heteroatoms. The monoisotopic (exact) mass is 236 g/mol. The van der Waals surface area contributed by atoms with Crippen LogP contribution in [0.25, 0.3) is 0 Å². The quantitative estimate of drug-likeness (QED) is 0.848. The predicted molar refractivity (Wildman–Crippen MR) is 58.6 cm³/mol. The molecule has 0 radical (unpaired) electrons. The molecule has 1 atom stereocenters. The Balaban J connectivity index is 2.96. The zero-order valence-corrected chi connectivity index (χ0v) is 9.16. The third-order valence-electron chi connectivity index (χ3n) is 1.75. The Bertz CT molecular complexity index is 308. The molecule has 14 heavy (non-hydrogen) atoms. The minimum Gasteiger partial charge on any atom is -0.379 e. The third kappa shape index (κ3) is 2.74. The Morgan fingerprint density at radius 3 is 2.36 bits per heavy atom. The fourth-order valence-corrected chi connectivity index (χ4v) is 1.55. The largest absolute Gasteiger partial charge is 0.379 e. The minimum atomic E-state index is -0.453. The van der Waals surface area contributed by atoms with E-state index in [1.54, 1.807) is 0 Å². The fourth-order valence-electron chi connectivity index (χ4n) is 0.985. The summed E-state index contributed by atoms with van der Waals surface area (Å²) in [4.78, 5) is 0. The first-order valence-corrected chi connectivity index (χ1v) is 4.91. The summed E-state index contributed by atoms with van der Waals surface area (Å²) in [5, 5.41) is 3.52. The first kappa shape index (κ1) is 11.6. The van der Waals surface area contributed by atoms with Crippen LogP contribution in [-0.2, 0) is 0 Å². The van der Waals surface area contributed by atoms with E-state index in [1.807, 2.05) is 6.92 Å². The van der Waals surface area contributed by atoms with Crippen molar-refractivity contribution in [2.45, 2.75) is 13.0 Å². The van der Waals surface area contributed by atoms with Crippen LogP contribution < -0.4 is 11.1 Å². The highest BCUT2D eigenvalue weighted by Crippen LogP contribution is 2.31. The molecule has 0 fully saturated rings. The number of hydrogen-bond acceptors (Lipinski definition) is 2. The van der Waals surface area contributed by atoms with Crippen molar-refractivity contribution in [2.75, 3.05) is 11.9 Å². The molecule has 2 nitrogen and oxygen atoms in total. The van der Waals surface area contributed by atoms with Crippen molar-refractivity contribution in [1.29, 1.82) is 0 Å². The van der Waals surface area contributed by atoms with Gasteiger partial charge in [0.2, 0.25) is 0 Å². The maximum absolute atomic E-state index is 12.8. The van der Waals surface area contributed by atoms with Crippen LogP contribution in [0.3, 0.4) is 0 Å². The molecule has 0 heterocycles. The molecular formula is C9H11Cl2FN2. The van der Waals surface area contributed by atoms with E-state index in [2.05, 4.69) is 5.32 Å². The van der Waals surface area contributed by atoms with Gasteiger partial charge < -0.3 is 11.1 Å². The number of rotatable bonds is 3. The van der Waals surface area contributed by atoms with Gasteiger partial charge in [0.25, 0.3) is 0 Å². The van der Waals surface area contributed by atoms with Gasteiger partial charge in [0.15, 0.2) is 0 Å². The van der Waals surface area contributed by atoms with Crippen molar-refractivity contribution < 1.29 is 4.39 Å². The summed E-state index contributed by atoms with van der Waals surface area (Å²) in [6.45, 7) is 2.33. The van der Waals surface area contributed by atoms with Crippen LogP contribution in [0.15, 0.2) is 12.1 Å². The molecule has 1 unspecified atom stereocenters. The zero-order valence-electron chi connectivity index (χ0n) is 7.65. The Morgan fingerprint density at radius 2 is 1.93 bits per heavy atom. The SMILES string of the molecule is CC(CN)Nc1c(Cl)cc(F)cc1Cl. The van der Waals surface area contributed by atoms with Gasteiger partial charge in [-0.1, -0.05) is 23.2 Å². The molecule has 0 aliphatic heterocycles. The highest BCUT2D eigenvalue weighted by atomic mass is 35.5. The van der Waals surface area contributed by atoms with E-state index in [4.69, 9.17) is 28.9 Å². The highest BCUT2D eigenvalue weighted by molar-refractivity contribution is 6.39. The molecule has 0 aromatic heterocycles. The lowest BCUT2D eigenvalue weighted by Crippen LogP contribution is -2.25. The summed E-state index contributed by atoms with van der Waals surface area (Å²) >= 11 is 11.6. The second-order valence-electron chi connectivity index (χ2n) is 3.03. The smallest absolute Gasteiger partial charge is 0.126 e. The van der Waals surface area contributed by atoms with Crippen molar-refractivity contribution in [3.8, 4) is 0 Å². The number of nitrogens with two attached hydrogens (primary N) is 1. The number of nitrogens with one attached hydrogen (secondary N) is 1. The number of halogens is 3. The first-order chi connectivity index (χ1) is 6.54. The van der Waals surface area contributed by atoms with E-state index in [0.717, 1.165) is 0 Å². The van der Waals surface area contributed by atoms with Crippen molar-refractivity contribution >= 4 is 28.9 Å². The lowest BCUT2D eigenvalue weighted by molar-refractivity contribution is 0.628. The lowest BCUT2D eigenvalue weighted by Gasteiger charge is -2.15. The normalized spacial score (nSPS) is 12.6. The van der Waals surface area contributed by atoms with Gasteiger partial charge in [-0.05, 0) is 19.1 Å². The molecule has 0 aliphatic rings. The Kier molecular flexibility index (Phi) is 3.98. The maximum atomic E-state index is 12.8. The summed E-state index contributed by atoms with van der Waals surface area (Å²) in [6, 6.07) is 2.45. The molecule has 0 bridgehead atoms. The lowest BCUT2D eigenvalue weighted by atomic mass is 10.2. The van der Waals surface area contributed by atoms with Crippen molar-refractivity contribution in [3.05, 3.63) is 28.0 Å². The average molecular weight is 237 g/mol. The van der Waals surface area contributed by atoms with Crippen LogP contribution in [-0.4, -0.2) is 12.6 Å². The Hall–Kier alpha value is -0.510. The second-order valence-corrected chi connectivity index (χ2v) is 3.84. The van der Waals surface area contributed by atoms with Crippen molar-refractivity contribution in [1.82, 2.24) is 0 Å². The van der Waals surface area contributed by atoms with Crippen molar-refractivity contribution in [2.24, 2.45) is 5.73 Å². The molecule has 0 aliphatic carbocycles. The van der Waals surface area contributed by atoms with Crippen LogP contribution >= 0.6 is 23.2 Å². The van der Waals surface area contributed by atoms with Crippen LogP contribution in [0.2, 0.25) is 10.0 Å². The molecular weight excluding hydrogens is 226 g/mol. The molecule has 0 spiro atoms. The molecule has 1 aromatic carbocycles. The van der Waals surface area contributed by atoms with E-state index < -0.39 is 5.82 Å². The van der Waals surface area contributed by atoms with Gasteiger partial charge in [-0.25, -0.2) is 4.39 Å². The summed E-state index contributed by atoms with van der Waals surface area (Å²) in [5.41, 5.74) is 5.95. The number of hydrogen-bond donors (Lipinski definition) is 2.